The summed E-state index contributed by atoms with van der Waals surface area (Å²) in [6.07, 6.45) is -0.536. The maximum atomic E-state index is 13.2. The van der Waals surface area contributed by atoms with E-state index in [4.69, 9.17) is 0 Å². The van der Waals surface area contributed by atoms with Gasteiger partial charge in [0.15, 0.2) is 0 Å². The van der Waals surface area contributed by atoms with E-state index in [0.717, 1.165) is 18.2 Å². The molecule has 19 heavy (non-hydrogen) atoms. The minimum Gasteiger partial charge on any atom is -0.384 e. The molecule has 3 nitrogen and oxygen atoms in total. The summed E-state index contributed by atoms with van der Waals surface area (Å²) in [7, 11) is 0. The van der Waals surface area contributed by atoms with Crippen LogP contribution in [0.25, 0.3) is 0 Å². The van der Waals surface area contributed by atoms with Crippen LogP contribution in [0.1, 0.15) is 35.5 Å². The van der Waals surface area contributed by atoms with Gasteiger partial charge in [-0.3, -0.25) is 0 Å². The SMILES string of the molecule is CCc1nnc(C)cc1C(O)c1cc(F)cc(F)c1. The van der Waals surface area contributed by atoms with Crippen molar-refractivity contribution in [3.8, 4) is 0 Å². The lowest BCUT2D eigenvalue weighted by molar-refractivity contribution is 0.217. The fraction of sp³-hybridized carbons (Fsp3) is 0.286. The molecule has 0 aliphatic carbocycles. The molecule has 0 saturated heterocycles. The third-order valence-electron chi connectivity index (χ3n) is 2.86. The van der Waals surface area contributed by atoms with Crippen molar-refractivity contribution in [3.63, 3.8) is 0 Å². The van der Waals surface area contributed by atoms with E-state index in [1.54, 1.807) is 13.0 Å². The van der Waals surface area contributed by atoms with E-state index < -0.39 is 17.7 Å². The summed E-state index contributed by atoms with van der Waals surface area (Å²) in [5.41, 5.74) is 1.95. The highest BCUT2D eigenvalue weighted by atomic mass is 19.1. The molecule has 1 heterocycles. The molecule has 1 aromatic carbocycles. The van der Waals surface area contributed by atoms with Crippen LogP contribution in [0.15, 0.2) is 24.3 Å². The van der Waals surface area contributed by atoms with E-state index in [1.807, 2.05) is 6.92 Å². The molecule has 5 heteroatoms. The molecule has 2 aromatic rings. The maximum absolute atomic E-state index is 13.2. The van der Waals surface area contributed by atoms with Crippen LogP contribution in [0.2, 0.25) is 0 Å². The standard InChI is InChI=1S/C14H14F2N2O/c1-3-13-12(4-8(2)17-18-13)14(19)9-5-10(15)7-11(16)6-9/h4-7,14,19H,3H2,1-2H3. The van der Waals surface area contributed by atoms with Gasteiger partial charge in [0.1, 0.15) is 17.7 Å². The fourth-order valence-corrected chi connectivity index (χ4v) is 1.96. The first-order valence-corrected chi connectivity index (χ1v) is 5.98. The van der Waals surface area contributed by atoms with Crippen molar-refractivity contribution in [2.24, 2.45) is 0 Å². The van der Waals surface area contributed by atoms with Gasteiger partial charge in [0.2, 0.25) is 0 Å². The lowest BCUT2D eigenvalue weighted by atomic mass is 9.99. The Morgan fingerprint density at radius 3 is 2.32 bits per heavy atom. The first kappa shape index (κ1) is 13.5. The number of halogens is 2. The minimum atomic E-state index is -1.12. The number of hydrogen-bond acceptors (Lipinski definition) is 3. The van der Waals surface area contributed by atoms with Crippen molar-refractivity contribution in [1.29, 1.82) is 0 Å². The molecule has 1 N–H and O–H groups in total. The van der Waals surface area contributed by atoms with E-state index in [1.165, 1.54) is 0 Å². The third kappa shape index (κ3) is 2.93. The highest BCUT2D eigenvalue weighted by molar-refractivity contribution is 5.33. The molecule has 0 fully saturated rings. The Bertz CT molecular complexity index is 582. The van der Waals surface area contributed by atoms with Crippen LogP contribution in [0.5, 0.6) is 0 Å². The first-order valence-electron chi connectivity index (χ1n) is 5.98. The number of aryl methyl sites for hydroxylation is 2. The van der Waals surface area contributed by atoms with Crippen molar-refractivity contribution in [1.82, 2.24) is 10.2 Å². The van der Waals surface area contributed by atoms with Crippen LogP contribution in [0.4, 0.5) is 8.78 Å². The lowest BCUT2D eigenvalue weighted by Crippen LogP contribution is -2.08. The average Bonchev–Trinajstić information content (AvgIpc) is 2.36. The Balaban J connectivity index is 2.48. The predicted octanol–water partition coefficient (Wildman–Crippen LogP) is 2.71. The molecular weight excluding hydrogens is 250 g/mol. The normalized spacial score (nSPS) is 12.5. The summed E-state index contributed by atoms with van der Waals surface area (Å²) in [6, 6.07) is 4.68. The van der Waals surface area contributed by atoms with Crippen molar-refractivity contribution in [2.75, 3.05) is 0 Å². The summed E-state index contributed by atoms with van der Waals surface area (Å²) in [5, 5.41) is 18.2. The van der Waals surface area contributed by atoms with Crippen molar-refractivity contribution < 1.29 is 13.9 Å². The number of nitrogens with zero attached hydrogens (tertiary/aromatic N) is 2. The molecule has 2 rings (SSSR count). The number of aliphatic hydroxyl groups is 1. The molecular formula is C14H14F2N2O. The van der Waals surface area contributed by atoms with Crippen LogP contribution in [0, 0.1) is 18.6 Å². The van der Waals surface area contributed by atoms with E-state index in [-0.39, 0.29) is 5.56 Å². The van der Waals surface area contributed by atoms with Crippen LogP contribution in [0.3, 0.4) is 0 Å². The van der Waals surface area contributed by atoms with E-state index >= 15 is 0 Å². The van der Waals surface area contributed by atoms with E-state index in [2.05, 4.69) is 10.2 Å². The van der Waals surface area contributed by atoms with Gasteiger partial charge in [0, 0.05) is 11.6 Å². The molecule has 0 amide bonds. The number of aliphatic hydroxyl groups excluding tert-OH is 1. The Morgan fingerprint density at radius 1 is 1.11 bits per heavy atom. The molecule has 0 aliphatic heterocycles. The van der Waals surface area contributed by atoms with Crippen LogP contribution in [-0.2, 0) is 6.42 Å². The molecule has 1 atom stereocenters. The average molecular weight is 264 g/mol. The zero-order valence-corrected chi connectivity index (χ0v) is 10.7. The Labute approximate surface area is 109 Å². The second-order valence-corrected chi connectivity index (χ2v) is 4.35. The summed E-state index contributed by atoms with van der Waals surface area (Å²) >= 11 is 0. The number of rotatable bonds is 3. The number of hydrogen-bond donors (Lipinski definition) is 1. The summed E-state index contributed by atoms with van der Waals surface area (Å²) in [4.78, 5) is 0. The van der Waals surface area contributed by atoms with Gasteiger partial charge in [-0.2, -0.15) is 10.2 Å². The van der Waals surface area contributed by atoms with Gasteiger partial charge in [-0.05, 0) is 37.1 Å². The summed E-state index contributed by atoms with van der Waals surface area (Å²) in [6.45, 7) is 3.62. The summed E-state index contributed by atoms with van der Waals surface area (Å²) in [5.74, 6) is -1.43. The molecule has 1 aromatic heterocycles. The zero-order chi connectivity index (χ0) is 14.0. The van der Waals surface area contributed by atoms with Crippen molar-refractivity contribution >= 4 is 0 Å². The largest absolute Gasteiger partial charge is 0.384 e. The maximum Gasteiger partial charge on any atom is 0.126 e. The molecule has 0 spiro atoms. The van der Waals surface area contributed by atoms with Crippen LogP contribution >= 0.6 is 0 Å². The second-order valence-electron chi connectivity index (χ2n) is 4.35. The van der Waals surface area contributed by atoms with Gasteiger partial charge in [-0.25, -0.2) is 8.78 Å². The van der Waals surface area contributed by atoms with Gasteiger partial charge >= 0.3 is 0 Å². The zero-order valence-electron chi connectivity index (χ0n) is 10.7. The molecule has 1 unspecified atom stereocenters. The quantitative estimate of drug-likeness (QED) is 0.927. The van der Waals surface area contributed by atoms with Gasteiger partial charge in [-0.15, -0.1) is 0 Å². The van der Waals surface area contributed by atoms with Crippen molar-refractivity contribution in [3.05, 3.63) is 58.4 Å². The topological polar surface area (TPSA) is 46.0 Å². The van der Waals surface area contributed by atoms with E-state index in [9.17, 15) is 13.9 Å². The fourth-order valence-electron chi connectivity index (χ4n) is 1.96. The summed E-state index contributed by atoms with van der Waals surface area (Å²) < 4.78 is 26.4. The minimum absolute atomic E-state index is 0.166. The van der Waals surface area contributed by atoms with Crippen molar-refractivity contribution in [2.45, 2.75) is 26.4 Å². The predicted molar refractivity (Wildman–Crippen MR) is 66.6 cm³/mol. The molecule has 0 aliphatic rings. The Hall–Kier alpha value is -1.88. The monoisotopic (exact) mass is 264 g/mol. The van der Waals surface area contributed by atoms with Gasteiger partial charge in [0.05, 0.1) is 11.4 Å². The number of aromatic nitrogens is 2. The highest BCUT2D eigenvalue weighted by Gasteiger charge is 2.17. The van der Waals surface area contributed by atoms with Crippen LogP contribution in [-0.4, -0.2) is 15.3 Å². The van der Waals surface area contributed by atoms with E-state index in [0.29, 0.717) is 23.4 Å². The number of benzene rings is 1. The smallest absolute Gasteiger partial charge is 0.126 e. The highest BCUT2D eigenvalue weighted by Crippen LogP contribution is 2.25. The van der Waals surface area contributed by atoms with Gasteiger partial charge < -0.3 is 5.11 Å². The van der Waals surface area contributed by atoms with Gasteiger partial charge in [0.25, 0.3) is 0 Å². The molecule has 100 valence electrons. The Morgan fingerprint density at radius 2 is 1.74 bits per heavy atom. The molecule has 0 bridgehead atoms. The first-order chi connectivity index (χ1) is 9.01. The Kier molecular flexibility index (Phi) is 3.85. The third-order valence-corrected chi connectivity index (χ3v) is 2.86. The molecule has 0 saturated carbocycles. The lowest BCUT2D eigenvalue weighted by Gasteiger charge is -2.15. The van der Waals surface area contributed by atoms with Gasteiger partial charge in [-0.1, -0.05) is 6.92 Å². The van der Waals surface area contributed by atoms with Crippen LogP contribution < -0.4 is 0 Å². The molecule has 0 radical (unpaired) electrons. The second kappa shape index (κ2) is 5.40.